The van der Waals surface area contributed by atoms with Gasteiger partial charge in [0.25, 0.3) is 0 Å². The molecule has 3 aromatic carbocycles. The lowest BCUT2D eigenvalue weighted by Crippen LogP contribution is -2.26. The molecule has 0 N–H and O–H groups in total. The number of ether oxygens (including phenoxy) is 1. The first kappa shape index (κ1) is 21.0. The largest absolute Gasteiger partial charge is 0.488 e. The fourth-order valence-electron chi connectivity index (χ4n) is 5.10. The van der Waals surface area contributed by atoms with E-state index in [2.05, 4.69) is 94.4 Å². The number of hydrogen-bond donors (Lipinski definition) is 0. The first-order valence-corrected chi connectivity index (χ1v) is 11.7. The Balaban J connectivity index is 1.38. The van der Waals surface area contributed by atoms with E-state index in [4.69, 9.17) is 4.74 Å². The van der Waals surface area contributed by atoms with Crippen molar-refractivity contribution in [1.29, 1.82) is 0 Å². The van der Waals surface area contributed by atoms with Gasteiger partial charge in [-0.3, -0.25) is 0 Å². The van der Waals surface area contributed by atoms with E-state index in [0.29, 0.717) is 11.8 Å². The molecule has 0 amide bonds. The summed E-state index contributed by atoms with van der Waals surface area (Å²) in [7, 11) is 0. The molecule has 30 heavy (non-hydrogen) atoms. The molecule has 158 valence electrons. The zero-order valence-electron chi connectivity index (χ0n) is 19.0. The van der Waals surface area contributed by atoms with Crippen LogP contribution in [0.5, 0.6) is 5.75 Å². The van der Waals surface area contributed by atoms with Gasteiger partial charge in [0.15, 0.2) is 0 Å². The monoisotopic (exact) mass is 400 g/mol. The van der Waals surface area contributed by atoms with Crippen molar-refractivity contribution in [2.75, 3.05) is 0 Å². The van der Waals surface area contributed by atoms with Gasteiger partial charge in [-0.25, -0.2) is 0 Å². The SMILES string of the molecule is CCC(C)(C)Oc1ccc([C@@H]2CC[C@H](C[C@H](C)c3cccc4ccccc34)C2)cc1. The lowest BCUT2D eigenvalue weighted by atomic mass is 9.86. The van der Waals surface area contributed by atoms with Gasteiger partial charge in [-0.2, -0.15) is 0 Å². The van der Waals surface area contributed by atoms with Crippen LogP contribution in [-0.2, 0) is 0 Å². The van der Waals surface area contributed by atoms with E-state index in [1.807, 2.05) is 0 Å². The highest BCUT2D eigenvalue weighted by Crippen LogP contribution is 2.43. The van der Waals surface area contributed by atoms with Crippen LogP contribution in [0.15, 0.2) is 66.7 Å². The van der Waals surface area contributed by atoms with Crippen LogP contribution in [-0.4, -0.2) is 5.60 Å². The first-order chi connectivity index (χ1) is 14.4. The molecule has 0 radical (unpaired) electrons. The van der Waals surface area contributed by atoms with Gasteiger partial charge >= 0.3 is 0 Å². The van der Waals surface area contributed by atoms with Gasteiger partial charge in [0.1, 0.15) is 11.4 Å². The molecule has 0 spiro atoms. The minimum absolute atomic E-state index is 0.0995. The normalized spacial score (nSPS) is 20.4. The Hall–Kier alpha value is -2.28. The molecule has 3 aromatic rings. The Kier molecular flexibility index (Phi) is 6.18. The third-order valence-electron chi connectivity index (χ3n) is 7.18. The van der Waals surface area contributed by atoms with Crippen LogP contribution in [0.2, 0.25) is 0 Å². The summed E-state index contributed by atoms with van der Waals surface area (Å²) in [6.45, 7) is 8.89. The molecule has 1 aliphatic rings. The minimum atomic E-state index is -0.0995. The Bertz CT molecular complexity index is 964. The predicted octanol–water partition coefficient (Wildman–Crippen LogP) is 8.48. The molecule has 1 fully saturated rings. The van der Waals surface area contributed by atoms with E-state index in [0.717, 1.165) is 18.1 Å². The molecule has 0 bridgehead atoms. The van der Waals surface area contributed by atoms with Crippen LogP contribution in [0.25, 0.3) is 10.8 Å². The van der Waals surface area contributed by atoms with E-state index < -0.39 is 0 Å². The van der Waals surface area contributed by atoms with Crippen LogP contribution in [0.3, 0.4) is 0 Å². The van der Waals surface area contributed by atoms with Crippen molar-refractivity contribution in [3.8, 4) is 5.75 Å². The van der Waals surface area contributed by atoms with Crippen molar-refractivity contribution in [1.82, 2.24) is 0 Å². The smallest absolute Gasteiger partial charge is 0.120 e. The second-order valence-electron chi connectivity index (χ2n) is 9.87. The highest BCUT2D eigenvalue weighted by molar-refractivity contribution is 5.86. The fraction of sp³-hybridized carbons (Fsp3) is 0.448. The molecule has 0 heterocycles. The van der Waals surface area contributed by atoms with Crippen molar-refractivity contribution >= 4 is 10.8 Å². The third kappa shape index (κ3) is 4.72. The highest BCUT2D eigenvalue weighted by Gasteiger charge is 2.28. The second-order valence-corrected chi connectivity index (χ2v) is 9.87. The minimum Gasteiger partial charge on any atom is -0.488 e. The maximum Gasteiger partial charge on any atom is 0.120 e. The highest BCUT2D eigenvalue weighted by atomic mass is 16.5. The Morgan fingerprint density at radius 3 is 2.43 bits per heavy atom. The lowest BCUT2D eigenvalue weighted by Gasteiger charge is -2.25. The van der Waals surface area contributed by atoms with Gasteiger partial charge in [-0.05, 0) is 97.7 Å². The Labute approximate surface area is 182 Å². The molecular formula is C29H36O. The molecule has 0 saturated heterocycles. The number of fused-ring (bicyclic) bond motifs is 1. The standard InChI is InChI=1S/C29H36O/c1-5-29(3,4)30-26-17-15-23(16-18-26)25-14-13-22(20-25)19-21(2)27-12-8-10-24-9-6-7-11-28(24)27/h6-12,15-18,21-22,25H,5,13-14,19-20H2,1-4H3/t21-,22+,25+/m0/s1. The zero-order chi connectivity index (χ0) is 21.1. The van der Waals surface area contributed by atoms with E-state index in [1.54, 1.807) is 0 Å². The van der Waals surface area contributed by atoms with E-state index in [9.17, 15) is 0 Å². The van der Waals surface area contributed by atoms with Crippen molar-refractivity contribution in [2.24, 2.45) is 5.92 Å². The Morgan fingerprint density at radius 1 is 0.933 bits per heavy atom. The summed E-state index contributed by atoms with van der Waals surface area (Å²) in [6, 6.07) is 24.5. The second kappa shape index (κ2) is 8.84. The maximum atomic E-state index is 6.13. The van der Waals surface area contributed by atoms with Gasteiger partial charge in [0.05, 0.1) is 0 Å². The van der Waals surface area contributed by atoms with Crippen LogP contribution >= 0.6 is 0 Å². The fourth-order valence-corrected chi connectivity index (χ4v) is 5.10. The summed E-state index contributed by atoms with van der Waals surface area (Å²) in [4.78, 5) is 0. The molecule has 3 atom stereocenters. The predicted molar refractivity (Wildman–Crippen MR) is 129 cm³/mol. The van der Waals surface area contributed by atoms with E-state index in [1.165, 1.54) is 47.6 Å². The van der Waals surface area contributed by atoms with Gasteiger partial charge in [-0.1, -0.05) is 68.4 Å². The van der Waals surface area contributed by atoms with Crippen molar-refractivity contribution in [3.63, 3.8) is 0 Å². The number of benzene rings is 3. The molecule has 1 aliphatic carbocycles. The average molecular weight is 401 g/mol. The molecule has 1 nitrogen and oxygen atoms in total. The third-order valence-corrected chi connectivity index (χ3v) is 7.18. The van der Waals surface area contributed by atoms with E-state index >= 15 is 0 Å². The Morgan fingerprint density at radius 2 is 1.67 bits per heavy atom. The number of rotatable bonds is 7. The van der Waals surface area contributed by atoms with Gasteiger partial charge in [0, 0.05) is 0 Å². The van der Waals surface area contributed by atoms with Crippen LogP contribution in [0.4, 0.5) is 0 Å². The summed E-state index contributed by atoms with van der Waals surface area (Å²) in [5, 5.41) is 2.78. The molecular weight excluding hydrogens is 364 g/mol. The topological polar surface area (TPSA) is 9.23 Å². The van der Waals surface area contributed by atoms with Crippen molar-refractivity contribution < 1.29 is 4.74 Å². The molecule has 0 aliphatic heterocycles. The zero-order valence-corrected chi connectivity index (χ0v) is 19.0. The molecule has 0 unspecified atom stereocenters. The summed E-state index contributed by atoms with van der Waals surface area (Å²) in [6.07, 6.45) is 6.27. The summed E-state index contributed by atoms with van der Waals surface area (Å²) in [5.74, 6) is 3.11. The first-order valence-electron chi connectivity index (χ1n) is 11.7. The summed E-state index contributed by atoms with van der Waals surface area (Å²) in [5.41, 5.74) is 2.89. The lowest BCUT2D eigenvalue weighted by molar-refractivity contribution is 0.105. The average Bonchev–Trinajstić information content (AvgIpc) is 3.22. The molecule has 1 saturated carbocycles. The van der Waals surface area contributed by atoms with Crippen LogP contribution < -0.4 is 4.74 Å². The van der Waals surface area contributed by atoms with E-state index in [-0.39, 0.29) is 5.60 Å². The van der Waals surface area contributed by atoms with Crippen LogP contribution in [0, 0.1) is 5.92 Å². The van der Waals surface area contributed by atoms with Crippen LogP contribution in [0.1, 0.15) is 82.8 Å². The van der Waals surface area contributed by atoms with Gasteiger partial charge in [-0.15, -0.1) is 0 Å². The van der Waals surface area contributed by atoms with Gasteiger partial charge < -0.3 is 4.74 Å². The molecule has 1 heteroatoms. The van der Waals surface area contributed by atoms with Crippen molar-refractivity contribution in [2.45, 2.75) is 77.2 Å². The quantitative estimate of drug-likeness (QED) is 0.386. The summed E-state index contributed by atoms with van der Waals surface area (Å²) >= 11 is 0. The maximum absolute atomic E-state index is 6.13. The molecule has 0 aromatic heterocycles. The molecule has 4 rings (SSSR count). The van der Waals surface area contributed by atoms with Gasteiger partial charge in [0.2, 0.25) is 0 Å². The number of hydrogen-bond acceptors (Lipinski definition) is 1. The van der Waals surface area contributed by atoms with Crippen molar-refractivity contribution in [3.05, 3.63) is 77.9 Å². The summed E-state index contributed by atoms with van der Waals surface area (Å²) < 4.78 is 6.13.